The van der Waals surface area contributed by atoms with E-state index in [-0.39, 0.29) is 0 Å². The number of fused-ring (bicyclic) bond motifs is 1. The fraction of sp³-hybridized carbons (Fsp3) is 0.500. The highest BCUT2D eigenvalue weighted by Crippen LogP contribution is 2.20. The maximum absolute atomic E-state index is 5.90. The molecule has 0 saturated heterocycles. The summed E-state index contributed by atoms with van der Waals surface area (Å²) in [6.45, 7) is 5.20. The molecule has 0 saturated carbocycles. The van der Waals surface area contributed by atoms with E-state index in [9.17, 15) is 0 Å². The minimum Gasteiger partial charge on any atom is -0.481 e. The van der Waals surface area contributed by atoms with Crippen LogP contribution in [0.5, 0.6) is 5.88 Å². The minimum atomic E-state index is 0.515. The summed E-state index contributed by atoms with van der Waals surface area (Å²) in [5, 5.41) is 0. The second-order valence-corrected chi connectivity index (χ2v) is 4.50. The molecule has 0 aromatic carbocycles. The van der Waals surface area contributed by atoms with E-state index in [1.165, 1.54) is 0 Å². The first-order valence-electron chi connectivity index (χ1n) is 5.78. The summed E-state index contributed by atoms with van der Waals surface area (Å²) in [6.07, 6.45) is 1.05. The number of pyridine rings is 1. The van der Waals surface area contributed by atoms with Crippen LogP contribution in [-0.2, 0) is 6.54 Å². The van der Waals surface area contributed by atoms with Crippen molar-refractivity contribution in [2.45, 2.75) is 26.8 Å². The van der Waals surface area contributed by atoms with Crippen molar-refractivity contribution in [1.29, 1.82) is 0 Å². The smallest absolute Gasteiger partial charge is 0.215 e. The van der Waals surface area contributed by atoms with Gasteiger partial charge in [-0.2, -0.15) is 4.98 Å². The lowest BCUT2D eigenvalue weighted by atomic mass is 10.1. The third-order valence-corrected chi connectivity index (χ3v) is 2.74. The van der Waals surface area contributed by atoms with Crippen molar-refractivity contribution in [3.05, 3.63) is 12.1 Å². The largest absolute Gasteiger partial charge is 0.481 e. The van der Waals surface area contributed by atoms with Gasteiger partial charge >= 0.3 is 0 Å². The fourth-order valence-corrected chi connectivity index (χ4v) is 1.72. The molecular weight excluding hydrogens is 216 g/mol. The highest BCUT2D eigenvalue weighted by atomic mass is 16.5. The number of ether oxygens (including phenoxy) is 1. The van der Waals surface area contributed by atoms with Crippen molar-refractivity contribution in [3.8, 4) is 5.88 Å². The molecule has 0 unspecified atom stereocenters. The maximum Gasteiger partial charge on any atom is 0.215 e. The molecule has 2 heterocycles. The Kier molecular flexibility index (Phi) is 3.17. The first-order valence-corrected chi connectivity index (χ1v) is 5.78. The van der Waals surface area contributed by atoms with Crippen molar-refractivity contribution >= 4 is 17.1 Å². The predicted octanol–water partition coefficient (Wildman–Crippen LogP) is 2.07. The third-order valence-electron chi connectivity index (χ3n) is 2.74. The van der Waals surface area contributed by atoms with Crippen LogP contribution in [0.15, 0.2) is 12.1 Å². The molecule has 0 spiro atoms. The van der Waals surface area contributed by atoms with Crippen molar-refractivity contribution in [1.82, 2.24) is 14.5 Å². The number of imidazole rings is 1. The van der Waals surface area contributed by atoms with Crippen molar-refractivity contribution in [2.24, 2.45) is 5.92 Å². The molecule has 92 valence electrons. The molecule has 0 fully saturated rings. The molecule has 0 amide bonds. The number of hydrogen-bond acceptors (Lipinski definition) is 4. The molecular formula is C12H18N4O. The Morgan fingerprint density at radius 1 is 1.35 bits per heavy atom. The number of hydrogen-bond donors (Lipinski definition) is 1. The van der Waals surface area contributed by atoms with Gasteiger partial charge in [0.15, 0.2) is 5.65 Å². The van der Waals surface area contributed by atoms with Gasteiger partial charge in [-0.3, -0.25) is 4.57 Å². The Morgan fingerprint density at radius 3 is 2.76 bits per heavy atom. The van der Waals surface area contributed by atoms with Crippen molar-refractivity contribution < 1.29 is 4.74 Å². The average Bonchev–Trinajstić information content (AvgIpc) is 2.61. The van der Waals surface area contributed by atoms with Gasteiger partial charge in [-0.25, -0.2) is 4.98 Å². The number of methoxy groups -OCH3 is 1. The number of nitrogens with zero attached hydrogens (tertiary/aromatic N) is 3. The zero-order valence-corrected chi connectivity index (χ0v) is 10.5. The summed E-state index contributed by atoms with van der Waals surface area (Å²) in [5.41, 5.74) is 7.51. The van der Waals surface area contributed by atoms with E-state index in [2.05, 4.69) is 23.8 Å². The van der Waals surface area contributed by atoms with Crippen LogP contribution in [0.3, 0.4) is 0 Å². The number of nitrogen functional groups attached to an aromatic ring is 1. The zero-order chi connectivity index (χ0) is 12.4. The maximum atomic E-state index is 5.90. The van der Waals surface area contributed by atoms with Gasteiger partial charge in [-0.15, -0.1) is 0 Å². The quantitative estimate of drug-likeness (QED) is 0.879. The summed E-state index contributed by atoms with van der Waals surface area (Å²) < 4.78 is 7.06. The number of nitrogens with two attached hydrogens (primary N) is 1. The van der Waals surface area contributed by atoms with Crippen LogP contribution >= 0.6 is 0 Å². The Morgan fingerprint density at radius 2 is 2.12 bits per heavy atom. The molecule has 17 heavy (non-hydrogen) atoms. The normalized spacial score (nSPS) is 11.3. The van der Waals surface area contributed by atoms with Crippen LogP contribution < -0.4 is 10.5 Å². The standard InChI is InChI=1S/C12H18N4O/c1-8(2)6-7-16-11-9(14-12(16)13)4-5-10(15-11)17-3/h4-5,8H,6-7H2,1-3H3,(H2,13,14). The van der Waals surface area contributed by atoms with Gasteiger partial charge in [-0.05, 0) is 18.4 Å². The van der Waals surface area contributed by atoms with Gasteiger partial charge in [0.1, 0.15) is 5.52 Å². The highest BCUT2D eigenvalue weighted by molar-refractivity contribution is 5.74. The van der Waals surface area contributed by atoms with Crippen molar-refractivity contribution in [2.75, 3.05) is 12.8 Å². The summed E-state index contributed by atoms with van der Waals surface area (Å²) in [6, 6.07) is 3.67. The summed E-state index contributed by atoms with van der Waals surface area (Å²) in [4.78, 5) is 8.68. The fourth-order valence-electron chi connectivity index (χ4n) is 1.72. The van der Waals surface area contributed by atoms with E-state index < -0.39 is 0 Å². The van der Waals surface area contributed by atoms with Crippen molar-refractivity contribution in [3.63, 3.8) is 0 Å². The number of anilines is 1. The Labute approximate surface area is 101 Å². The summed E-state index contributed by atoms with van der Waals surface area (Å²) in [5.74, 6) is 1.72. The first kappa shape index (κ1) is 11.7. The molecule has 5 nitrogen and oxygen atoms in total. The second kappa shape index (κ2) is 4.61. The molecule has 2 aromatic rings. The highest BCUT2D eigenvalue weighted by Gasteiger charge is 2.10. The van der Waals surface area contributed by atoms with Crippen LogP contribution in [0.25, 0.3) is 11.2 Å². The van der Waals surface area contributed by atoms with E-state index in [1.807, 2.05) is 10.6 Å². The third kappa shape index (κ3) is 2.33. The lowest BCUT2D eigenvalue weighted by Crippen LogP contribution is -2.06. The lowest BCUT2D eigenvalue weighted by molar-refractivity contribution is 0.398. The molecule has 0 aliphatic carbocycles. The Bertz CT molecular complexity index is 518. The monoisotopic (exact) mass is 234 g/mol. The minimum absolute atomic E-state index is 0.515. The van der Waals surface area contributed by atoms with Crippen LogP contribution in [0.1, 0.15) is 20.3 Å². The molecule has 0 aliphatic rings. The second-order valence-electron chi connectivity index (χ2n) is 4.50. The number of aryl methyl sites for hydroxylation is 1. The Balaban J connectivity index is 2.41. The van der Waals surface area contributed by atoms with Crippen LogP contribution in [-0.4, -0.2) is 21.6 Å². The van der Waals surface area contributed by atoms with Gasteiger partial charge < -0.3 is 10.5 Å². The molecule has 2 aromatic heterocycles. The topological polar surface area (TPSA) is 66.0 Å². The molecule has 0 bridgehead atoms. The SMILES string of the molecule is COc1ccc2nc(N)n(CCC(C)C)c2n1. The average molecular weight is 234 g/mol. The Hall–Kier alpha value is -1.78. The molecule has 0 aliphatic heterocycles. The van der Waals surface area contributed by atoms with E-state index >= 15 is 0 Å². The van der Waals surface area contributed by atoms with Gasteiger partial charge in [0.05, 0.1) is 7.11 Å². The predicted molar refractivity (Wildman–Crippen MR) is 67.9 cm³/mol. The van der Waals surface area contributed by atoms with E-state index in [0.29, 0.717) is 17.7 Å². The molecule has 2 rings (SSSR count). The molecule has 2 N–H and O–H groups in total. The lowest BCUT2D eigenvalue weighted by Gasteiger charge is -2.08. The first-order chi connectivity index (χ1) is 8.11. The van der Waals surface area contributed by atoms with Crippen LogP contribution in [0.4, 0.5) is 5.95 Å². The number of aromatic nitrogens is 3. The zero-order valence-electron chi connectivity index (χ0n) is 10.5. The van der Waals surface area contributed by atoms with E-state index in [1.54, 1.807) is 13.2 Å². The molecule has 5 heteroatoms. The van der Waals surface area contributed by atoms with E-state index in [4.69, 9.17) is 10.5 Å². The van der Waals surface area contributed by atoms with Gasteiger partial charge in [0.2, 0.25) is 11.8 Å². The van der Waals surface area contributed by atoms with Crippen LogP contribution in [0.2, 0.25) is 0 Å². The van der Waals surface area contributed by atoms with Gasteiger partial charge in [-0.1, -0.05) is 13.8 Å². The molecule has 0 atom stereocenters. The van der Waals surface area contributed by atoms with Gasteiger partial charge in [0, 0.05) is 12.6 Å². The van der Waals surface area contributed by atoms with E-state index in [0.717, 1.165) is 24.1 Å². The number of rotatable bonds is 4. The van der Waals surface area contributed by atoms with Gasteiger partial charge in [0.25, 0.3) is 0 Å². The summed E-state index contributed by atoms with van der Waals surface area (Å²) in [7, 11) is 1.60. The summed E-state index contributed by atoms with van der Waals surface area (Å²) >= 11 is 0. The van der Waals surface area contributed by atoms with Crippen LogP contribution in [0, 0.1) is 5.92 Å². The molecule has 0 radical (unpaired) electrons.